The highest BCUT2D eigenvalue weighted by Crippen LogP contribution is 2.17. The molecule has 1 aliphatic rings. The summed E-state index contributed by atoms with van der Waals surface area (Å²) in [5, 5.41) is 3.47. The number of rotatable bonds is 5. The number of nitrogens with two attached hydrogens (primary N) is 1. The first-order valence-electron chi connectivity index (χ1n) is 6.80. The average Bonchev–Trinajstić information content (AvgIpc) is 2.82. The zero-order valence-corrected chi connectivity index (χ0v) is 12.0. The molecule has 2 atom stereocenters. The Morgan fingerprint density at radius 1 is 1.58 bits per heavy atom. The molecule has 1 fully saturated rings. The van der Waals surface area contributed by atoms with Gasteiger partial charge in [0, 0.05) is 38.3 Å². The number of anilines is 2. The number of likely N-dealkylation sites (N-methyl/N-ethyl adjacent to an activating group) is 2. The molecule has 2 rings (SSSR count). The van der Waals surface area contributed by atoms with Crippen LogP contribution < -0.4 is 16.0 Å². The SMILES string of the molecule is CC(CN)N(C)c1cc(NC2CCN(C)C2)ncn1. The number of aromatic nitrogens is 2. The molecule has 1 aromatic rings. The maximum atomic E-state index is 5.69. The second-order valence-corrected chi connectivity index (χ2v) is 5.35. The Bertz CT molecular complexity index is 410. The molecule has 1 aromatic heterocycles. The summed E-state index contributed by atoms with van der Waals surface area (Å²) in [6.45, 7) is 4.89. The highest BCUT2D eigenvalue weighted by atomic mass is 15.2. The number of nitrogens with one attached hydrogen (secondary N) is 1. The molecule has 0 spiro atoms. The van der Waals surface area contributed by atoms with Crippen LogP contribution in [-0.4, -0.2) is 60.7 Å². The number of hydrogen-bond acceptors (Lipinski definition) is 6. The van der Waals surface area contributed by atoms with Gasteiger partial charge in [0.15, 0.2) is 0 Å². The second-order valence-electron chi connectivity index (χ2n) is 5.35. The van der Waals surface area contributed by atoms with Crippen LogP contribution in [-0.2, 0) is 0 Å². The molecule has 6 nitrogen and oxygen atoms in total. The summed E-state index contributed by atoms with van der Waals surface area (Å²) < 4.78 is 0. The molecule has 3 N–H and O–H groups in total. The van der Waals surface area contributed by atoms with Gasteiger partial charge in [-0.25, -0.2) is 9.97 Å². The lowest BCUT2D eigenvalue weighted by molar-refractivity contribution is 0.414. The van der Waals surface area contributed by atoms with Crippen molar-refractivity contribution >= 4 is 11.6 Å². The molecule has 0 bridgehead atoms. The minimum atomic E-state index is 0.264. The van der Waals surface area contributed by atoms with E-state index in [0.29, 0.717) is 12.6 Å². The molecule has 0 amide bonds. The van der Waals surface area contributed by atoms with Gasteiger partial charge in [-0.15, -0.1) is 0 Å². The van der Waals surface area contributed by atoms with Crippen molar-refractivity contribution in [1.82, 2.24) is 14.9 Å². The lowest BCUT2D eigenvalue weighted by Crippen LogP contribution is -2.35. The van der Waals surface area contributed by atoms with Gasteiger partial charge in [-0.1, -0.05) is 0 Å². The molecule has 6 heteroatoms. The monoisotopic (exact) mass is 264 g/mol. The quantitative estimate of drug-likeness (QED) is 0.801. The highest BCUT2D eigenvalue weighted by molar-refractivity contribution is 5.49. The fraction of sp³-hybridized carbons (Fsp3) is 0.692. The Balaban J connectivity index is 2.02. The van der Waals surface area contributed by atoms with Crippen molar-refractivity contribution in [3.63, 3.8) is 0 Å². The van der Waals surface area contributed by atoms with Crippen LogP contribution in [0.2, 0.25) is 0 Å². The number of hydrogen-bond donors (Lipinski definition) is 2. The summed E-state index contributed by atoms with van der Waals surface area (Å²) >= 11 is 0. The van der Waals surface area contributed by atoms with Gasteiger partial charge >= 0.3 is 0 Å². The Kier molecular flexibility index (Phi) is 4.55. The Morgan fingerprint density at radius 3 is 3.00 bits per heavy atom. The van der Waals surface area contributed by atoms with E-state index in [2.05, 4.69) is 39.1 Å². The van der Waals surface area contributed by atoms with E-state index in [1.54, 1.807) is 6.33 Å². The molecule has 1 saturated heterocycles. The fourth-order valence-corrected chi connectivity index (χ4v) is 2.26. The van der Waals surface area contributed by atoms with Crippen molar-refractivity contribution in [3.8, 4) is 0 Å². The van der Waals surface area contributed by atoms with E-state index in [1.165, 1.54) is 0 Å². The van der Waals surface area contributed by atoms with Gasteiger partial charge in [0.25, 0.3) is 0 Å². The molecule has 0 radical (unpaired) electrons. The summed E-state index contributed by atoms with van der Waals surface area (Å²) in [7, 11) is 4.15. The minimum Gasteiger partial charge on any atom is -0.366 e. The summed E-state index contributed by atoms with van der Waals surface area (Å²) in [6.07, 6.45) is 2.76. The van der Waals surface area contributed by atoms with Crippen LogP contribution in [0.15, 0.2) is 12.4 Å². The zero-order valence-electron chi connectivity index (χ0n) is 12.0. The van der Waals surface area contributed by atoms with Gasteiger partial charge < -0.3 is 20.9 Å². The fourth-order valence-electron chi connectivity index (χ4n) is 2.26. The Hall–Kier alpha value is -1.40. The molecule has 0 aliphatic carbocycles. The molecule has 19 heavy (non-hydrogen) atoms. The van der Waals surface area contributed by atoms with E-state index in [4.69, 9.17) is 5.73 Å². The van der Waals surface area contributed by atoms with Crippen molar-refractivity contribution in [2.24, 2.45) is 5.73 Å². The summed E-state index contributed by atoms with van der Waals surface area (Å²) in [5.74, 6) is 1.79. The van der Waals surface area contributed by atoms with Gasteiger partial charge in [-0.3, -0.25) is 0 Å². The summed E-state index contributed by atoms with van der Waals surface area (Å²) in [6, 6.07) is 2.73. The minimum absolute atomic E-state index is 0.264. The first-order valence-corrected chi connectivity index (χ1v) is 6.80. The van der Waals surface area contributed by atoms with Crippen molar-refractivity contribution in [2.45, 2.75) is 25.4 Å². The van der Waals surface area contributed by atoms with E-state index in [-0.39, 0.29) is 6.04 Å². The van der Waals surface area contributed by atoms with Crippen molar-refractivity contribution in [2.75, 3.05) is 43.9 Å². The van der Waals surface area contributed by atoms with E-state index >= 15 is 0 Å². The average molecular weight is 264 g/mol. The van der Waals surface area contributed by atoms with E-state index in [1.807, 2.05) is 13.1 Å². The van der Waals surface area contributed by atoms with E-state index < -0.39 is 0 Å². The predicted molar refractivity (Wildman–Crippen MR) is 78.5 cm³/mol. The molecule has 0 aromatic carbocycles. The first kappa shape index (κ1) is 14.0. The molecule has 106 valence electrons. The van der Waals surface area contributed by atoms with Crippen LogP contribution in [0.1, 0.15) is 13.3 Å². The highest BCUT2D eigenvalue weighted by Gasteiger charge is 2.19. The summed E-state index contributed by atoms with van der Waals surface area (Å²) in [4.78, 5) is 13.0. The van der Waals surface area contributed by atoms with E-state index in [0.717, 1.165) is 31.1 Å². The van der Waals surface area contributed by atoms with Gasteiger partial charge in [0.05, 0.1) is 0 Å². The number of nitrogens with zero attached hydrogens (tertiary/aromatic N) is 4. The molecule has 1 aliphatic heterocycles. The van der Waals surface area contributed by atoms with Gasteiger partial charge in [0.2, 0.25) is 0 Å². The van der Waals surface area contributed by atoms with Crippen LogP contribution in [0.3, 0.4) is 0 Å². The third-order valence-corrected chi connectivity index (χ3v) is 3.76. The zero-order chi connectivity index (χ0) is 13.8. The molecule has 2 heterocycles. The van der Waals surface area contributed by atoms with Crippen LogP contribution >= 0.6 is 0 Å². The third kappa shape index (κ3) is 3.54. The standard InChI is InChI=1S/C13H24N6/c1-10(7-14)19(3)13-6-12(15-9-16-13)17-11-4-5-18(2)8-11/h6,9-11H,4-5,7-8,14H2,1-3H3,(H,15,16,17). The maximum Gasteiger partial charge on any atom is 0.134 e. The number of likely N-dealkylation sites (tertiary alicyclic amines) is 1. The Morgan fingerprint density at radius 2 is 2.37 bits per heavy atom. The maximum absolute atomic E-state index is 5.69. The topological polar surface area (TPSA) is 70.3 Å². The van der Waals surface area contributed by atoms with Crippen LogP contribution in [0.5, 0.6) is 0 Å². The van der Waals surface area contributed by atoms with Crippen molar-refractivity contribution in [1.29, 1.82) is 0 Å². The van der Waals surface area contributed by atoms with Gasteiger partial charge in [-0.05, 0) is 26.9 Å². The lowest BCUT2D eigenvalue weighted by Gasteiger charge is -2.25. The van der Waals surface area contributed by atoms with Gasteiger partial charge in [0.1, 0.15) is 18.0 Å². The molecular formula is C13H24N6. The molecular weight excluding hydrogens is 240 g/mol. The first-order chi connectivity index (χ1) is 9.10. The summed E-state index contributed by atoms with van der Waals surface area (Å²) in [5.41, 5.74) is 5.69. The van der Waals surface area contributed by atoms with Gasteiger partial charge in [-0.2, -0.15) is 0 Å². The van der Waals surface area contributed by atoms with Crippen molar-refractivity contribution < 1.29 is 0 Å². The van der Waals surface area contributed by atoms with Crippen LogP contribution in [0, 0.1) is 0 Å². The molecule has 2 unspecified atom stereocenters. The third-order valence-electron chi connectivity index (χ3n) is 3.76. The van der Waals surface area contributed by atoms with Crippen molar-refractivity contribution in [3.05, 3.63) is 12.4 Å². The Labute approximate surface area is 115 Å². The normalized spacial score (nSPS) is 21.4. The second kappa shape index (κ2) is 6.16. The smallest absolute Gasteiger partial charge is 0.134 e. The lowest BCUT2D eigenvalue weighted by atomic mass is 10.2. The van der Waals surface area contributed by atoms with Crippen LogP contribution in [0.4, 0.5) is 11.6 Å². The predicted octanol–water partition coefficient (Wildman–Crippen LogP) is 0.376. The van der Waals surface area contributed by atoms with E-state index in [9.17, 15) is 0 Å². The molecule has 0 saturated carbocycles. The van der Waals surface area contributed by atoms with Crippen LogP contribution in [0.25, 0.3) is 0 Å². The largest absolute Gasteiger partial charge is 0.366 e.